The van der Waals surface area contributed by atoms with Gasteiger partial charge < -0.3 is 14.9 Å². The lowest BCUT2D eigenvalue weighted by Crippen LogP contribution is -2.17. The monoisotopic (exact) mass is 434 g/mol. The summed E-state index contributed by atoms with van der Waals surface area (Å²) in [6, 6.07) is 4.92. The number of rotatable bonds is 19. The number of carboxylic acid groups (broad SMARTS) is 1. The second-order valence-electron chi connectivity index (χ2n) is 8.41. The largest absolute Gasteiger partial charge is 0.507 e. The van der Waals surface area contributed by atoms with Crippen LogP contribution in [0.4, 0.5) is 0 Å². The number of aromatic hydroxyl groups is 1. The number of ether oxygens (including phenoxy) is 1. The third-order valence-corrected chi connectivity index (χ3v) is 5.70. The van der Waals surface area contributed by atoms with Gasteiger partial charge in [0, 0.05) is 19.4 Å². The van der Waals surface area contributed by atoms with Crippen molar-refractivity contribution in [2.24, 2.45) is 0 Å². The Morgan fingerprint density at radius 3 is 2.13 bits per heavy atom. The third kappa shape index (κ3) is 11.9. The van der Waals surface area contributed by atoms with Gasteiger partial charge in [0.15, 0.2) is 0 Å². The van der Waals surface area contributed by atoms with E-state index in [-0.39, 0.29) is 17.4 Å². The van der Waals surface area contributed by atoms with Crippen molar-refractivity contribution in [1.29, 1.82) is 0 Å². The van der Waals surface area contributed by atoms with Crippen LogP contribution in [0, 0.1) is 0 Å². The summed E-state index contributed by atoms with van der Waals surface area (Å²) in [6.45, 7) is 4.71. The van der Waals surface area contributed by atoms with Crippen LogP contribution in [0.1, 0.15) is 113 Å². The molecule has 0 radical (unpaired) electrons. The molecule has 31 heavy (non-hydrogen) atoms. The highest BCUT2D eigenvalue weighted by Crippen LogP contribution is 2.23. The smallest absolute Gasteiger partial charge is 0.339 e. The molecule has 1 unspecified atom stereocenters. The first-order valence-corrected chi connectivity index (χ1v) is 12.2. The minimum Gasteiger partial charge on any atom is -0.507 e. The average Bonchev–Trinajstić information content (AvgIpc) is 2.72. The van der Waals surface area contributed by atoms with Crippen LogP contribution >= 0.6 is 0 Å². The van der Waals surface area contributed by atoms with Gasteiger partial charge in [0.1, 0.15) is 17.1 Å². The Morgan fingerprint density at radius 1 is 0.935 bits per heavy atom. The van der Waals surface area contributed by atoms with Crippen molar-refractivity contribution in [3.63, 3.8) is 0 Å². The first-order chi connectivity index (χ1) is 15.0. The molecular formula is C26H42O5. The molecule has 0 fully saturated rings. The summed E-state index contributed by atoms with van der Waals surface area (Å²) in [5, 5.41) is 19.0. The Balaban J connectivity index is 2.06. The van der Waals surface area contributed by atoms with E-state index >= 15 is 0 Å². The molecule has 2 N–H and O–H groups in total. The van der Waals surface area contributed by atoms with Gasteiger partial charge in [-0.3, -0.25) is 4.79 Å². The van der Waals surface area contributed by atoms with E-state index in [0.29, 0.717) is 37.2 Å². The maximum Gasteiger partial charge on any atom is 0.339 e. The molecule has 0 aliphatic heterocycles. The van der Waals surface area contributed by atoms with Crippen molar-refractivity contribution in [3.05, 3.63) is 29.3 Å². The van der Waals surface area contributed by atoms with E-state index < -0.39 is 5.97 Å². The first kappa shape index (κ1) is 27.2. The fourth-order valence-electron chi connectivity index (χ4n) is 4.08. The van der Waals surface area contributed by atoms with Gasteiger partial charge in [-0.1, -0.05) is 70.4 Å². The lowest BCUT2D eigenvalue weighted by atomic mass is 9.99. The molecule has 176 valence electrons. The molecule has 5 nitrogen and oxygen atoms in total. The number of aromatic carboxylic acids is 1. The molecule has 0 bridgehead atoms. The van der Waals surface area contributed by atoms with E-state index in [1.54, 1.807) is 12.1 Å². The van der Waals surface area contributed by atoms with Crippen molar-refractivity contribution in [1.82, 2.24) is 0 Å². The number of carboxylic acids is 1. The van der Waals surface area contributed by atoms with Crippen LogP contribution in [-0.4, -0.2) is 34.7 Å². The van der Waals surface area contributed by atoms with Gasteiger partial charge in [-0.2, -0.15) is 0 Å². The van der Waals surface area contributed by atoms with Crippen molar-refractivity contribution in [2.75, 3.05) is 6.61 Å². The molecule has 0 saturated carbocycles. The summed E-state index contributed by atoms with van der Waals surface area (Å²) in [4.78, 5) is 23.1. The Labute approximate surface area is 188 Å². The maximum atomic E-state index is 11.8. The number of hydrogen-bond donors (Lipinski definition) is 2. The highest BCUT2D eigenvalue weighted by molar-refractivity contribution is 5.92. The molecule has 0 saturated heterocycles. The molecule has 0 heterocycles. The van der Waals surface area contributed by atoms with Crippen molar-refractivity contribution in [3.8, 4) is 5.75 Å². The Kier molecular flexibility index (Phi) is 14.7. The molecule has 1 aromatic carbocycles. The van der Waals surface area contributed by atoms with Gasteiger partial charge in [-0.05, 0) is 44.2 Å². The zero-order valence-electron chi connectivity index (χ0n) is 19.5. The minimum absolute atomic E-state index is 0.0452. The third-order valence-electron chi connectivity index (χ3n) is 5.70. The van der Waals surface area contributed by atoms with Crippen LogP contribution in [-0.2, 0) is 16.0 Å². The molecule has 0 aromatic heterocycles. The summed E-state index contributed by atoms with van der Waals surface area (Å²) in [7, 11) is 0. The number of ketones is 1. The van der Waals surface area contributed by atoms with Crippen LogP contribution in [0.5, 0.6) is 5.75 Å². The van der Waals surface area contributed by atoms with Gasteiger partial charge in [0.2, 0.25) is 0 Å². The van der Waals surface area contributed by atoms with Crippen LogP contribution in [0.3, 0.4) is 0 Å². The van der Waals surface area contributed by atoms with Crippen molar-refractivity contribution < 1.29 is 24.5 Å². The lowest BCUT2D eigenvalue weighted by Gasteiger charge is -2.16. The number of carbonyl (C=O) groups excluding carboxylic acids is 1. The average molecular weight is 435 g/mol. The van der Waals surface area contributed by atoms with Gasteiger partial charge in [-0.15, -0.1) is 0 Å². The van der Waals surface area contributed by atoms with Crippen LogP contribution < -0.4 is 0 Å². The molecule has 5 heteroatoms. The molecule has 0 spiro atoms. The number of benzene rings is 1. The Hall–Kier alpha value is -1.88. The van der Waals surface area contributed by atoms with Crippen LogP contribution in [0.25, 0.3) is 0 Å². The molecular weight excluding hydrogens is 392 g/mol. The van der Waals surface area contributed by atoms with E-state index in [4.69, 9.17) is 4.74 Å². The molecule has 1 aromatic rings. The minimum atomic E-state index is -1.06. The number of carbonyl (C=O) groups is 2. The fraction of sp³-hybridized carbons (Fsp3) is 0.692. The summed E-state index contributed by atoms with van der Waals surface area (Å²) in [5.74, 6) is -0.887. The normalized spacial score (nSPS) is 12.1. The standard InChI is InChI=1S/C26H42O5/c1-3-15-22(27)20-23(31-4-2)18-13-11-9-7-5-6-8-10-12-16-21-17-14-19-24(28)25(21)26(29)30/h14,17,19,23,28H,3-13,15-16,18,20H2,1-2H3,(H,29,30). The number of phenols is 1. The number of Topliss-reactive ketones (excluding diaryl/α,β-unsaturated/α-hetero) is 1. The lowest BCUT2D eigenvalue weighted by molar-refractivity contribution is -0.122. The number of hydrogen-bond acceptors (Lipinski definition) is 4. The predicted octanol–water partition coefficient (Wildman–Crippen LogP) is 6.70. The summed E-state index contributed by atoms with van der Waals surface area (Å²) in [6.07, 6.45) is 14.3. The van der Waals surface area contributed by atoms with Gasteiger partial charge in [-0.25, -0.2) is 4.79 Å². The van der Waals surface area contributed by atoms with Crippen molar-refractivity contribution >= 4 is 11.8 Å². The van der Waals surface area contributed by atoms with E-state index in [2.05, 4.69) is 0 Å². The van der Waals surface area contributed by atoms with E-state index in [0.717, 1.165) is 38.5 Å². The second kappa shape index (κ2) is 16.8. The summed E-state index contributed by atoms with van der Waals surface area (Å²) in [5.41, 5.74) is 0.762. The van der Waals surface area contributed by atoms with Gasteiger partial charge in [0.05, 0.1) is 6.10 Å². The molecule has 1 rings (SSSR count). The van der Waals surface area contributed by atoms with Crippen molar-refractivity contribution in [2.45, 2.75) is 110 Å². The zero-order valence-corrected chi connectivity index (χ0v) is 19.5. The molecule has 0 aliphatic carbocycles. The summed E-state index contributed by atoms with van der Waals surface area (Å²) < 4.78 is 5.73. The topological polar surface area (TPSA) is 83.8 Å². The SMILES string of the molecule is CCCC(=O)CC(CCCCCCCCCCCc1cccc(O)c1C(=O)O)OCC. The fourth-order valence-corrected chi connectivity index (χ4v) is 4.08. The van der Waals surface area contributed by atoms with Gasteiger partial charge in [0.25, 0.3) is 0 Å². The maximum absolute atomic E-state index is 11.8. The van der Waals surface area contributed by atoms with Gasteiger partial charge >= 0.3 is 5.97 Å². The van der Waals surface area contributed by atoms with E-state index in [9.17, 15) is 19.8 Å². The summed E-state index contributed by atoms with van der Waals surface area (Å²) >= 11 is 0. The number of unbranched alkanes of at least 4 members (excludes halogenated alkanes) is 8. The first-order valence-electron chi connectivity index (χ1n) is 12.2. The second-order valence-corrected chi connectivity index (χ2v) is 8.41. The van der Waals surface area contributed by atoms with E-state index in [1.807, 2.05) is 13.8 Å². The highest BCUT2D eigenvalue weighted by atomic mass is 16.5. The molecule has 0 amide bonds. The quantitative estimate of drug-likeness (QED) is 0.237. The zero-order chi connectivity index (χ0) is 22.9. The Bertz CT molecular complexity index is 641. The predicted molar refractivity (Wildman–Crippen MR) is 125 cm³/mol. The van der Waals surface area contributed by atoms with E-state index in [1.165, 1.54) is 38.2 Å². The molecule has 1 atom stereocenters. The van der Waals surface area contributed by atoms with Crippen LogP contribution in [0.15, 0.2) is 18.2 Å². The van der Waals surface area contributed by atoms with Crippen LogP contribution in [0.2, 0.25) is 0 Å². The highest BCUT2D eigenvalue weighted by Gasteiger charge is 2.14. The molecule has 0 aliphatic rings. The Morgan fingerprint density at radius 2 is 1.55 bits per heavy atom. The number of aryl methyl sites for hydroxylation is 1.